The zero-order valence-electron chi connectivity index (χ0n) is 11.5. The largest absolute Gasteiger partial charge is 0.322 e. The maximum absolute atomic E-state index is 13.6. The van der Waals surface area contributed by atoms with Crippen molar-refractivity contribution in [3.8, 4) is 0 Å². The molecule has 2 rings (SSSR count). The molecule has 1 amide bonds. The number of pyridine rings is 1. The summed E-state index contributed by atoms with van der Waals surface area (Å²) in [6.07, 6.45) is 1.31. The van der Waals surface area contributed by atoms with Gasteiger partial charge in [0, 0.05) is 11.2 Å². The molecule has 116 valence electrons. The Balaban J connectivity index is 2.24. The maximum Gasteiger partial charge on any atom is 0.242 e. The van der Waals surface area contributed by atoms with Crippen LogP contribution in [0.15, 0.2) is 47.6 Å². The first-order valence-corrected chi connectivity index (χ1v) is 8.15. The van der Waals surface area contributed by atoms with E-state index in [4.69, 9.17) is 11.6 Å². The molecule has 5 nitrogen and oxygen atoms in total. The van der Waals surface area contributed by atoms with Crippen LogP contribution in [0.4, 0.5) is 10.1 Å². The van der Waals surface area contributed by atoms with E-state index >= 15 is 0 Å². The van der Waals surface area contributed by atoms with Crippen LogP contribution in [0.25, 0.3) is 0 Å². The van der Waals surface area contributed by atoms with Gasteiger partial charge in [0.25, 0.3) is 0 Å². The highest BCUT2D eigenvalue weighted by Crippen LogP contribution is 2.21. The van der Waals surface area contributed by atoms with Crippen LogP contribution >= 0.6 is 11.6 Å². The van der Waals surface area contributed by atoms with E-state index in [2.05, 4.69) is 10.3 Å². The first-order valence-electron chi connectivity index (χ1n) is 6.23. The van der Waals surface area contributed by atoms with Crippen molar-refractivity contribution in [2.24, 2.45) is 0 Å². The number of nitrogens with one attached hydrogen (secondary N) is 1. The number of aromatic nitrogens is 1. The fourth-order valence-electron chi connectivity index (χ4n) is 1.67. The highest BCUT2D eigenvalue weighted by atomic mass is 35.5. The number of hydrogen-bond acceptors (Lipinski definition) is 4. The van der Waals surface area contributed by atoms with Gasteiger partial charge in [-0.2, -0.15) is 0 Å². The number of carbonyl (C=O) groups is 1. The Morgan fingerprint density at radius 3 is 2.68 bits per heavy atom. The van der Waals surface area contributed by atoms with E-state index < -0.39 is 26.8 Å². The first kappa shape index (κ1) is 16.4. The third kappa shape index (κ3) is 3.42. The molecule has 0 bridgehead atoms. The minimum atomic E-state index is -3.96. The lowest BCUT2D eigenvalue weighted by Gasteiger charge is -2.13. The average Bonchev–Trinajstić information content (AvgIpc) is 2.51. The van der Waals surface area contributed by atoms with Gasteiger partial charge in [0.2, 0.25) is 15.7 Å². The van der Waals surface area contributed by atoms with Crippen molar-refractivity contribution in [3.63, 3.8) is 0 Å². The Hall–Kier alpha value is -1.99. The summed E-state index contributed by atoms with van der Waals surface area (Å²) in [6, 6.07) is 7.96. The second-order valence-electron chi connectivity index (χ2n) is 4.47. The van der Waals surface area contributed by atoms with Crippen LogP contribution in [0.3, 0.4) is 0 Å². The van der Waals surface area contributed by atoms with Crippen LogP contribution in [-0.4, -0.2) is 24.6 Å². The summed E-state index contributed by atoms with van der Waals surface area (Å²) in [5.74, 6) is -1.58. The predicted molar refractivity (Wildman–Crippen MR) is 80.9 cm³/mol. The first-order chi connectivity index (χ1) is 10.3. The van der Waals surface area contributed by atoms with Gasteiger partial charge in [-0.25, -0.2) is 17.8 Å². The number of halogens is 2. The molecule has 0 spiro atoms. The molecule has 8 heteroatoms. The predicted octanol–water partition coefficient (Wildman–Crippen LogP) is 2.68. The standard InChI is InChI=1S/C14H12ClFN2O3S/c1-9(22(20,21)13-4-2-3-7-17-13)14(19)18-12-8-10(15)5-6-11(12)16/h2-9H,1H3,(H,18,19). The third-order valence-corrected chi connectivity index (χ3v) is 5.15. The molecule has 1 aromatic heterocycles. The molecular formula is C14H12ClFN2O3S. The molecule has 2 aromatic rings. The van der Waals surface area contributed by atoms with Crippen molar-refractivity contribution in [2.45, 2.75) is 17.2 Å². The lowest BCUT2D eigenvalue weighted by atomic mass is 10.3. The average molecular weight is 343 g/mol. The molecule has 1 atom stereocenters. The zero-order valence-corrected chi connectivity index (χ0v) is 13.0. The molecule has 0 aliphatic rings. The zero-order chi connectivity index (χ0) is 16.3. The highest BCUT2D eigenvalue weighted by molar-refractivity contribution is 7.92. The van der Waals surface area contributed by atoms with Gasteiger partial charge in [-0.1, -0.05) is 17.7 Å². The van der Waals surface area contributed by atoms with E-state index in [-0.39, 0.29) is 15.7 Å². The van der Waals surface area contributed by atoms with Crippen LogP contribution in [0, 0.1) is 5.82 Å². The van der Waals surface area contributed by atoms with Crippen LogP contribution < -0.4 is 5.32 Å². The minimum Gasteiger partial charge on any atom is -0.322 e. The summed E-state index contributed by atoms with van der Waals surface area (Å²) < 4.78 is 38.1. The Morgan fingerprint density at radius 1 is 1.32 bits per heavy atom. The number of sulfone groups is 1. The summed E-state index contributed by atoms with van der Waals surface area (Å²) >= 11 is 5.72. The quantitative estimate of drug-likeness (QED) is 0.926. The van der Waals surface area contributed by atoms with Crippen LogP contribution in [0.2, 0.25) is 5.02 Å². The van der Waals surface area contributed by atoms with Gasteiger partial charge in [-0.15, -0.1) is 0 Å². The molecule has 1 aromatic carbocycles. The van der Waals surface area contributed by atoms with E-state index in [0.717, 1.165) is 6.07 Å². The molecular weight excluding hydrogens is 331 g/mol. The lowest BCUT2D eigenvalue weighted by molar-refractivity contribution is -0.115. The van der Waals surface area contributed by atoms with Crippen molar-refractivity contribution in [1.82, 2.24) is 4.98 Å². The Labute approximate surface area is 132 Å². The Morgan fingerprint density at radius 2 is 2.05 bits per heavy atom. The Bertz CT molecular complexity index is 797. The molecule has 0 saturated carbocycles. The number of rotatable bonds is 4. The molecule has 1 heterocycles. The van der Waals surface area contributed by atoms with Crippen molar-refractivity contribution >= 4 is 33.0 Å². The van der Waals surface area contributed by atoms with E-state index in [1.54, 1.807) is 6.07 Å². The SMILES string of the molecule is CC(C(=O)Nc1cc(Cl)ccc1F)S(=O)(=O)c1ccccn1. The molecule has 0 aliphatic heterocycles. The van der Waals surface area contributed by atoms with Gasteiger partial charge in [-0.3, -0.25) is 4.79 Å². The van der Waals surface area contributed by atoms with Gasteiger partial charge in [0.05, 0.1) is 5.69 Å². The lowest BCUT2D eigenvalue weighted by Crippen LogP contribution is -2.33. The second kappa shape index (κ2) is 6.41. The summed E-state index contributed by atoms with van der Waals surface area (Å²) in [5, 5.41) is 0.793. The van der Waals surface area contributed by atoms with Crippen molar-refractivity contribution in [2.75, 3.05) is 5.32 Å². The van der Waals surface area contributed by atoms with Crippen molar-refractivity contribution in [3.05, 3.63) is 53.4 Å². The van der Waals surface area contributed by atoms with Crippen molar-refractivity contribution < 1.29 is 17.6 Å². The number of amides is 1. The molecule has 1 N–H and O–H groups in total. The molecule has 22 heavy (non-hydrogen) atoms. The number of hydrogen-bond donors (Lipinski definition) is 1. The van der Waals surface area contributed by atoms with Crippen molar-refractivity contribution in [1.29, 1.82) is 0 Å². The van der Waals surface area contributed by atoms with E-state index in [9.17, 15) is 17.6 Å². The molecule has 0 fully saturated rings. The summed E-state index contributed by atoms with van der Waals surface area (Å²) in [7, 11) is -3.96. The minimum absolute atomic E-state index is 0.180. The molecule has 0 aliphatic carbocycles. The van der Waals surface area contributed by atoms with Crippen LogP contribution in [0.5, 0.6) is 0 Å². The molecule has 0 radical (unpaired) electrons. The van der Waals surface area contributed by atoms with Gasteiger partial charge in [-0.05, 0) is 37.3 Å². The normalized spacial score (nSPS) is 12.7. The maximum atomic E-state index is 13.6. The van der Waals surface area contributed by atoms with Crippen LogP contribution in [0.1, 0.15) is 6.92 Å². The fraction of sp³-hybridized carbons (Fsp3) is 0.143. The van der Waals surface area contributed by atoms with Gasteiger partial charge in [0.1, 0.15) is 11.1 Å². The second-order valence-corrected chi connectivity index (χ2v) is 7.12. The third-order valence-electron chi connectivity index (χ3n) is 2.95. The number of nitrogens with zero attached hydrogens (tertiary/aromatic N) is 1. The number of anilines is 1. The van der Waals surface area contributed by atoms with E-state index in [0.29, 0.717) is 0 Å². The van der Waals surface area contributed by atoms with Crippen LogP contribution in [-0.2, 0) is 14.6 Å². The smallest absolute Gasteiger partial charge is 0.242 e. The summed E-state index contributed by atoms with van der Waals surface area (Å²) in [5.41, 5.74) is -0.180. The topological polar surface area (TPSA) is 76.1 Å². The molecule has 1 unspecified atom stereocenters. The fourth-order valence-corrected chi connectivity index (χ4v) is 3.02. The molecule has 0 saturated heterocycles. The Kier molecular flexibility index (Phi) is 4.77. The van der Waals surface area contributed by atoms with E-state index in [1.807, 2.05) is 0 Å². The number of carbonyl (C=O) groups excluding carboxylic acids is 1. The van der Waals surface area contributed by atoms with Gasteiger partial charge < -0.3 is 5.32 Å². The number of benzene rings is 1. The summed E-state index contributed by atoms with van der Waals surface area (Å²) in [6.45, 7) is 1.21. The van der Waals surface area contributed by atoms with Gasteiger partial charge in [0.15, 0.2) is 5.03 Å². The van der Waals surface area contributed by atoms with E-state index in [1.165, 1.54) is 37.4 Å². The highest BCUT2D eigenvalue weighted by Gasteiger charge is 2.31. The summed E-state index contributed by atoms with van der Waals surface area (Å²) in [4.78, 5) is 15.8. The monoisotopic (exact) mass is 342 g/mol. The van der Waals surface area contributed by atoms with Gasteiger partial charge >= 0.3 is 0 Å².